The van der Waals surface area contributed by atoms with E-state index >= 15 is 0 Å². The summed E-state index contributed by atoms with van der Waals surface area (Å²) in [4.78, 5) is 28.2. The molecule has 0 saturated heterocycles. The van der Waals surface area contributed by atoms with Crippen molar-refractivity contribution in [3.8, 4) is 0 Å². The van der Waals surface area contributed by atoms with E-state index in [9.17, 15) is 14.0 Å². The summed E-state index contributed by atoms with van der Waals surface area (Å²) < 4.78 is 12.6. The van der Waals surface area contributed by atoms with Crippen LogP contribution >= 0.6 is 0 Å². The average Bonchev–Trinajstić information content (AvgIpc) is 2.36. The van der Waals surface area contributed by atoms with Crippen LogP contribution in [0.3, 0.4) is 0 Å². The van der Waals surface area contributed by atoms with Gasteiger partial charge < -0.3 is 10.2 Å². The molecule has 1 aromatic heterocycles. The molecule has 18 heavy (non-hydrogen) atoms. The summed E-state index contributed by atoms with van der Waals surface area (Å²) in [5, 5.41) is 2.62. The molecule has 1 rings (SSSR count). The molecule has 0 fully saturated rings. The monoisotopic (exact) mass is 253 g/mol. The summed E-state index contributed by atoms with van der Waals surface area (Å²) in [6, 6.07) is 2.47. The molecule has 1 heterocycles. The van der Waals surface area contributed by atoms with Crippen LogP contribution in [0.15, 0.2) is 18.3 Å². The molecule has 1 N–H and O–H groups in total. The van der Waals surface area contributed by atoms with Crippen LogP contribution in [-0.4, -0.2) is 41.3 Å². The number of carbonyl (C=O) groups is 2. The lowest BCUT2D eigenvalue weighted by atomic mass is 10.2. The summed E-state index contributed by atoms with van der Waals surface area (Å²) in [6.45, 7) is 4.48. The van der Waals surface area contributed by atoms with Crippen molar-refractivity contribution in [1.82, 2.24) is 15.2 Å². The van der Waals surface area contributed by atoms with Crippen LogP contribution in [0, 0.1) is 5.95 Å². The maximum Gasteiger partial charge on any atom is 0.255 e. The van der Waals surface area contributed by atoms with Gasteiger partial charge in [0.1, 0.15) is 0 Å². The minimum absolute atomic E-state index is 0.0133. The Morgan fingerprint density at radius 2 is 2.11 bits per heavy atom. The molecule has 0 aromatic carbocycles. The second-order valence-electron chi connectivity index (χ2n) is 3.64. The maximum atomic E-state index is 12.6. The first-order valence-electron chi connectivity index (χ1n) is 5.76. The van der Waals surface area contributed by atoms with Crippen LogP contribution < -0.4 is 5.32 Å². The van der Waals surface area contributed by atoms with Crippen LogP contribution in [0.1, 0.15) is 24.2 Å². The van der Waals surface area contributed by atoms with E-state index in [0.29, 0.717) is 13.1 Å². The molecule has 0 spiro atoms. The highest BCUT2D eigenvalue weighted by Gasteiger charge is 2.17. The molecule has 98 valence electrons. The third kappa shape index (κ3) is 3.80. The predicted octanol–water partition coefficient (Wildman–Crippen LogP) is 0.819. The number of pyridine rings is 1. The highest BCUT2D eigenvalue weighted by Crippen LogP contribution is 2.04. The summed E-state index contributed by atoms with van der Waals surface area (Å²) in [5.41, 5.74) is 0.266. The van der Waals surface area contributed by atoms with Crippen molar-refractivity contribution in [3.05, 3.63) is 29.8 Å². The Bertz CT molecular complexity index is 420. The molecular formula is C12H16FN3O2. The highest BCUT2D eigenvalue weighted by atomic mass is 19.1. The smallest absolute Gasteiger partial charge is 0.255 e. The zero-order valence-corrected chi connectivity index (χ0v) is 10.4. The van der Waals surface area contributed by atoms with Crippen LogP contribution in [-0.2, 0) is 4.79 Å². The van der Waals surface area contributed by atoms with Gasteiger partial charge in [0.15, 0.2) is 0 Å². The van der Waals surface area contributed by atoms with E-state index in [4.69, 9.17) is 0 Å². The van der Waals surface area contributed by atoms with Crippen molar-refractivity contribution in [2.45, 2.75) is 13.8 Å². The van der Waals surface area contributed by atoms with E-state index in [1.54, 1.807) is 13.8 Å². The number of halogens is 1. The van der Waals surface area contributed by atoms with E-state index in [0.717, 1.165) is 12.3 Å². The number of aromatic nitrogens is 1. The fraction of sp³-hybridized carbons (Fsp3) is 0.417. The first kappa shape index (κ1) is 14.1. The van der Waals surface area contributed by atoms with Crippen LogP contribution in [0.5, 0.6) is 0 Å². The maximum absolute atomic E-state index is 12.6. The standard InChI is InChI=1S/C12H16FN3O2/c1-3-14-11(17)8-16(4-2)12(18)9-5-6-10(13)15-7-9/h5-7H,3-4,8H2,1-2H3,(H,14,17). The van der Waals surface area contributed by atoms with Gasteiger partial charge in [0.2, 0.25) is 11.9 Å². The number of rotatable bonds is 5. The van der Waals surface area contributed by atoms with Gasteiger partial charge in [0.05, 0.1) is 12.1 Å². The SMILES string of the molecule is CCNC(=O)CN(CC)C(=O)c1ccc(F)nc1. The Kier molecular flexibility index (Phi) is 5.23. The summed E-state index contributed by atoms with van der Waals surface area (Å²) in [6.07, 6.45) is 1.16. The van der Waals surface area contributed by atoms with E-state index in [-0.39, 0.29) is 23.9 Å². The van der Waals surface area contributed by atoms with Gasteiger partial charge in [-0.05, 0) is 26.0 Å². The second-order valence-corrected chi connectivity index (χ2v) is 3.64. The van der Waals surface area contributed by atoms with E-state index < -0.39 is 5.95 Å². The van der Waals surface area contributed by atoms with E-state index in [1.807, 2.05) is 0 Å². The Balaban J connectivity index is 2.73. The molecule has 5 nitrogen and oxygen atoms in total. The fourth-order valence-electron chi connectivity index (χ4n) is 1.44. The Labute approximate surface area is 105 Å². The minimum atomic E-state index is -0.640. The Hall–Kier alpha value is -1.98. The molecule has 0 aliphatic rings. The fourth-order valence-corrected chi connectivity index (χ4v) is 1.44. The third-order valence-corrected chi connectivity index (χ3v) is 2.35. The zero-order valence-electron chi connectivity index (χ0n) is 10.4. The van der Waals surface area contributed by atoms with Crippen LogP contribution in [0.25, 0.3) is 0 Å². The molecule has 6 heteroatoms. The molecule has 0 aliphatic heterocycles. The number of hydrogen-bond acceptors (Lipinski definition) is 3. The summed E-state index contributed by atoms with van der Waals surface area (Å²) in [7, 11) is 0. The lowest BCUT2D eigenvalue weighted by molar-refractivity contribution is -0.121. The van der Waals surface area contributed by atoms with Gasteiger partial charge in [-0.3, -0.25) is 9.59 Å². The topological polar surface area (TPSA) is 62.3 Å². The van der Waals surface area contributed by atoms with Gasteiger partial charge in [0, 0.05) is 19.3 Å². The van der Waals surface area contributed by atoms with Gasteiger partial charge in [-0.1, -0.05) is 0 Å². The van der Waals surface area contributed by atoms with Crippen molar-refractivity contribution in [2.75, 3.05) is 19.6 Å². The van der Waals surface area contributed by atoms with Gasteiger partial charge in [-0.2, -0.15) is 4.39 Å². The molecule has 2 amide bonds. The number of carbonyl (C=O) groups excluding carboxylic acids is 2. The number of nitrogens with zero attached hydrogens (tertiary/aromatic N) is 2. The lowest BCUT2D eigenvalue weighted by Gasteiger charge is -2.20. The Morgan fingerprint density at radius 1 is 1.39 bits per heavy atom. The number of nitrogens with one attached hydrogen (secondary N) is 1. The molecule has 1 aromatic rings. The molecule has 0 bridgehead atoms. The first-order valence-corrected chi connectivity index (χ1v) is 5.76. The van der Waals surface area contributed by atoms with Gasteiger partial charge >= 0.3 is 0 Å². The predicted molar refractivity (Wildman–Crippen MR) is 64.5 cm³/mol. The Morgan fingerprint density at radius 3 is 2.61 bits per heavy atom. The molecule has 0 unspecified atom stereocenters. The van der Waals surface area contributed by atoms with Crippen molar-refractivity contribution in [2.24, 2.45) is 0 Å². The summed E-state index contributed by atoms with van der Waals surface area (Å²) in [5.74, 6) is -1.20. The molecular weight excluding hydrogens is 237 g/mol. The largest absolute Gasteiger partial charge is 0.355 e. The van der Waals surface area contributed by atoms with Gasteiger partial charge in [-0.25, -0.2) is 4.98 Å². The lowest BCUT2D eigenvalue weighted by Crippen LogP contribution is -2.40. The van der Waals surface area contributed by atoms with Crippen molar-refractivity contribution < 1.29 is 14.0 Å². The zero-order chi connectivity index (χ0) is 13.5. The molecule has 0 radical (unpaired) electrons. The average molecular weight is 253 g/mol. The number of amides is 2. The van der Waals surface area contributed by atoms with Crippen LogP contribution in [0.4, 0.5) is 4.39 Å². The third-order valence-electron chi connectivity index (χ3n) is 2.35. The first-order chi connectivity index (χ1) is 8.58. The molecule has 0 atom stereocenters. The normalized spacial score (nSPS) is 9.94. The molecule has 0 saturated carbocycles. The van der Waals surface area contributed by atoms with Gasteiger partial charge in [-0.15, -0.1) is 0 Å². The van der Waals surface area contributed by atoms with Crippen LogP contribution in [0.2, 0.25) is 0 Å². The number of likely N-dealkylation sites (N-methyl/N-ethyl adjacent to an activating group) is 2. The quantitative estimate of drug-likeness (QED) is 0.790. The highest BCUT2D eigenvalue weighted by molar-refractivity contribution is 5.96. The second kappa shape index (κ2) is 6.68. The molecule has 0 aliphatic carbocycles. The van der Waals surface area contributed by atoms with E-state index in [2.05, 4.69) is 10.3 Å². The van der Waals surface area contributed by atoms with Crippen molar-refractivity contribution in [3.63, 3.8) is 0 Å². The minimum Gasteiger partial charge on any atom is -0.355 e. The van der Waals surface area contributed by atoms with Crippen molar-refractivity contribution in [1.29, 1.82) is 0 Å². The summed E-state index contributed by atoms with van der Waals surface area (Å²) >= 11 is 0. The van der Waals surface area contributed by atoms with E-state index in [1.165, 1.54) is 11.0 Å². The van der Waals surface area contributed by atoms with Gasteiger partial charge in [0.25, 0.3) is 5.91 Å². The van der Waals surface area contributed by atoms with Crippen molar-refractivity contribution >= 4 is 11.8 Å². The number of hydrogen-bond donors (Lipinski definition) is 1.